The first-order chi connectivity index (χ1) is 18.0. The summed E-state index contributed by atoms with van der Waals surface area (Å²) in [4.78, 5) is 65.5. The van der Waals surface area contributed by atoms with Crippen LogP contribution in [0.3, 0.4) is 0 Å². The molecule has 0 unspecified atom stereocenters. The Morgan fingerprint density at radius 3 is 1.44 bits per heavy atom. The second-order valence-electron chi connectivity index (χ2n) is 9.72. The second-order valence-corrected chi connectivity index (χ2v) is 9.72. The second kappa shape index (κ2) is 17.2. The molecule has 0 aromatic heterocycles. The van der Waals surface area contributed by atoms with Gasteiger partial charge >= 0.3 is 11.9 Å². The molecule has 0 spiro atoms. The van der Waals surface area contributed by atoms with Crippen LogP contribution >= 0.6 is 0 Å². The minimum atomic E-state index is -0.613. The van der Waals surface area contributed by atoms with Crippen molar-refractivity contribution < 1.29 is 38.2 Å². The quantitative estimate of drug-likeness (QED) is 0.205. The van der Waals surface area contributed by atoms with E-state index in [1.165, 1.54) is 20.8 Å². The molecule has 10 nitrogen and oxygen atoms in total. The molecule has 0 amide bonds. The summed E-state index contributed by atoms with van der Waals surface area (Å²) in [6, 6.07) is 13.5. The molecule has 39 heavy (non-hydrogen) atoms. The third-order valence-electron chi connectivity index (χ3n) is 4.15. The fraction of sp³-hybridized carbons (Fsp3) is 0.379. The van der Waals surface area contributed by atoms with Gasteiger partial charge in [0.15, 0.2) is 0 Å². The third-order valence-corrected chi connectivity index (χ3v) is 4.15. The first kappa shape index (κ1) is 34.7. The number of nitrogen functional groups attached to an aromatic ring is 2. The Morgan fingerprint density at radius 1 is 0.641 bits per heavy atom. The van der Waals surface area contributed by atoms with E-state index in [0.717, 1.165) is 16.9 Å². The van der Waals surface area contributed by atoms with Gasteiger partial charge in [-0.25, -0.2) is 0 Å². The van der Waals surface area contributed by atoms with Crippen molar-refractivity contribution in [2.75, 3.05) is 11.5 Å². The monoisotopic (exact) mass is 542 g/mol. The summed E-state index contributed by atoms with van der Waals surface area (Å²) >= 11 is 0. The Hall–Kier alpha value is -4.34. The molecule has 0 aliphatic rings. The Bertz CT molecular complexity index is 1060. The lowest BCUT2D eigenvalue weighted by atomic mass is 10.1. The smallest absolute Gasteiger partial charge is 0.318 e. The van der Waals surface area contributed by atoms with Crippen molar-refractivity contribution in [2.45, 2.75) is 72.8 Å². The van der Waals surface area contributed by atoms with Gasteiger partial charge in [-0.3, -0.25) is 28.8 Å². The van der Waals surface area contributed by atoms with Crippen LogP contribution in [0.15, 0.2) is 48.5 Å². The van der Waals surface area contributed by atoms with Crippen LogP contribution in [0.1, 0.15) is 66.4 Å². The number of carbonyl (C=O) groups is 6. The molecule has 0 bridgehead atoms. The standard InChI is InChI=1S/C15H16O5.C8H14O3.C6H8N2/c1-10(16)7-13(18)9-12-3-5-14(6-4-12)20-15(19)8-11(2)17;1-6(9)5-7(10)11-8(2,3)4;7-5-1-2-6(8)4-3-5/h3-6H,7-9H2,1-2H3;5H2,1-4H3;1-4H,7-8H2. The van der Waals surface area contributed by atoms with Crippen LogP contribution in [-0.4, -0.2) is 40.7 Å². The zero-order valence-electron chi connectivity index (χ0n) is 23.4. The van der Waals surface area contributed by atoms with E-state index in [2.05, 4.69) is 0 Å². The van der Waals surface area contributed by atoms with Crippen LogP contribution in [0, 0.1) is 0 Å². The number of Topliss-reactive ketones (excluding diaryl/α,β-unsaturated/α-hetero) is 4. The molecule has 0 fully saturated rings. The summed E-state index contributed by atoms with van der Waals surface area (Å²) in [6.07, 6.45) is -0.299. The first-order valence-corrected chi connectivity index (χ1v) is 12.1. The molecular weight excluding hydrogens is 504 g/mol. The zero-order chi connectivity index (χ0) is 30.2. The van der Waals surface area contributed by atoms with Crippen LogP contribution in [0.25, 0.3) is 0 Å². The fourth-order valence-electron chi connectivity index (χ4n) is 2.69. The van der Waals surface area contributed by atoms with Gasteiger partial charge < -0.3 is 20.9 Å². The van der Waals surface area contributed by atoms with Crippen molar-refractivity contribution in [1.82, 2.24) is 0 Å². The number of carbonyl (C=O) groups excluding carboxylic acids is 6. The lowest BCUT2D eigenvalue weighted by Crippen LogP contribution is -2.24. The van der Waals surface area contributed by atoms with Crippen LogP contribution in [0.5, 0.6) is 5.75 Å². The number of anilines is 2. The van der Waals surface area contributed by atoms with Gasteiger partial charge in [-0.15, -0.1) is 0 Å². The van der Waals surface area contributed by atoms with Gasteiger partial charge in [0.25, 0.3) is 0 Å². The largest absolute Gasteiger partial charge is 0.460 e. The molecule has 0 saturated heterocycles. The topological polar surface area (TPSA) is 173 Å². The third kappa shape index (κ3) is 20.4. The van der Waals surface area contributed by atoms with E-state index in [9.17, 15) is 28.8 Å². The van der Waals surface area contributed by atoms with E-state index < -0.39 is 17.5 Å². The number of ketones is 4. The Kier molecular flexibility index (Phi) is 15.3. The maximum atomic E-state index is 11.5. The average molecular weight is 543 g/mol. The molecule has 0 heterocycles. The Balaban J connectivity index is 0.000000634. The molecule has 0 aliphatic carbocycles. The van der Waals surface area contributed by atoms with E-state index in [4.69, 9.17) is 20.9 Å². The van der Waals surface area contributed by atoms with Crippen LogP contribution in [0.2, 0.25) is 0 Å². The summed E-state index contributed by atoms with van der Waals surface area (Å²) < 4.78 is 9.84. The molecular formula is C29H38N2O8. The maximum absolute atomic E-state index is 11.5. The summed E-state index contributed by atoms with van der Waals surface area (Å²) in [5.41, 5.74) is 12.5. The van der Waals surface area contributed by atoms with Gasteiger partial charge in [0.05, 0.1) is 6.42 Å². The molecule has 2 aromatic rings. The highest BCUT2D eigenvalue weighted by molar-refractivity contribution is 5.99. The Labute approximate surface area is 229 Å². The number of esters is 2. The number of ether oxygens (including phenoxy) is 2. The predicted octanol–water partition coefficient (Wildman–Crippen LogP) is 3.82. The van der Waals surface area contributed by atoms with Crippen molar-refractivity contribution in [3.05, 3.63) is 54.1 Å². The molecule has 2 rings (SSSR count). The van der Waals surface area contributed by atoms with E-state index in [1.54, 1.807) is 69.3 Å². The SMILES string of the molecule is CC(=O)CC(=O)Cc1ccc(OC(=O)CC(C)=O)cc1.CC(=O)CC(=O)OC(C)(C)C.Nc1ccc(N)cc1. The number of benzene rings is 2. The fourth-order valence-corrected chi connectivity index (χ4v) is 2.69. The highest BCUT2D eigenvalue weighted by atomic mass is 16.6. The van der Waals surface area contributed by atoms with Gasteiger partial charge in [0, 0.05) is 17.8 Å². The highest BCUT2D eigenvalue weighted by Gasteiger charge is 2.17. The molecule has 0 radical (unpaired) electrons. The predicted molar refractivity (Wildman–Crippen MR) is 148 cm³/mol. The van der Waals surface area contributed by atoms with Crippen molar-refractivity contribution in [3.63, 3.8) is 0 Å². The van der Waals surface area contributed by atoms with Gasteiger partial charge in [-0.05, 0) is 83.5 Å². The molecule has 2 aromatic carbocycles. The lowest BCUT2D eigenvalue weighted by Gasteiger charge is -2.18. The van der Waals surface area contributed by atoms with Crippen molar-refractivity contribution in [1.29, 1.82) is 0 Å². The molecule has 0 atom stereocenters. The van der Waals surface area contributed by atoms with E-state index >= 15 is 0 Å². The number of hydrogen-bond donors (Lipinski definition) is 2. The molecule has 4 N–H and O–H groups in total. The molecule has 212 valence electrons. The molecule has 0 aliphatic heterocycles. The number of nitrogens with two attached hydrogens (primary N) is 2. The van der Waals surface area contributed by atoms with Gasteiger partial charge in [0.1, 0.15) is 47.3 Å². The van der Waals surface area contributed by atoms with E-state index in [1.807, 2.05) is 0 Å². The summed E-state index contributed by atoms with van der Waals surface area (Å²) in [5.74, 6) is -1.49. The Morgan fingerprint density at radius 2 is 1.05 bits per heavy atom. The van der Waals surface area contributed by atoms with Crippen molar-refractivity contribution in [2.24, 2.45) is 0 Å². The van der Waals surface area contributed by atoms with Crippen molar-refractivity contribution >= 4 is 46.4 Å². The van der Waals surface area contributed by atoms with Crippen molar-refractivity contribution in [3.8, 4) is 5.75 Å². The maximum Gasteiger partial charge on any atom is 0.318 e. The summed E-state index contributed by atoms with van der Waals surface area (Å²) in [7, 11) is 0. The van der Waals surface area contributed by atoms with Crippen LogP contribution < -0.4 is 16.2 Å². The normalized spacial score (nSPS) is 10.0. The summed E-state index contributed by atoms with van der Waals surface area (Å²) in [5, 5.41) is 0. The van der Waals surface area contributed by atoms with Crippen LogP contribution in [0.4, 0.5) is 11.4 Å². The highest BCUT2D eigenvalue weighted by Crippen LogP contribution is 2.14. The van der Waals surface area contributed by atoms with Crippen LogP contribution in [-0.2, 0) is 39.9 Å². The van der Waals surface area contributed by atoms with Gasteiger partial charge in [0.2, 0.25) is 0 Å². The average Bonchev–Trinajstić information content (AvgIpc) is 2.75. The van der Waals surface area contributed by atoms with Gasteiger partial charge in [-0.2, -0.15) is 0 Å². The molecule has 10 heteroatoms. The minimum absolute atomic E-state index is 0.0741. The molecule has 0 saturated carbocycles. The number of hydrogen-bond acceptors (Lipinski definition) is 10. The van der Waals surface area contributed by atoms with E-state index in [-0.39, 0.29) is 48.8 Å². The first-order valence-electron chi connectivity index (χ1n) is 12.1. The zero-order valence-corrected chi connectivity index (χ0v) is 23.4. The number of rotatable bonds is 9. The van der Waals surface area contributed by atoms with E-state index in [0.29, 0.717) is 5.75 Å². The minimum Gasteiger partial charge on any atom is -0.460 e. The summed E-state index contributed by atoms with van der Waals surface area (Å²) in [6.45, 7) is 9.35. The lowest BCUT2D eigenvalue weighted by molar-refractivity contribution is -0.156. The van der Waals surface area contributed by atoms with Gasteiger partial charge in [-0.1, -0.05) is 12.1 Å².